The monoisotopic (exact) mass is 367 g/mol. The molecule has 140 valence electrons. The number of pyridine rings is 2. The van der Waals surface area contributed by atoms with Gasteiger partial charge in [-0.25, -0.2) is 4.98 Å². The van der Waals surface area contributed by atoms with Gasteiger partial charge in [-0.3, -0.25) is 4.98 Å². The van der Waals surface area contributed by atoms with Crippen molar-refractivity contribution in [2.75, 3.05) is 25.1 Å². The summed E-state index contributed by atoms with van der Waals surface area (Å²) in [7, 11) is 1.57. The van der Waals surface area contributed by atoms with Gasteiger partial charge < -0.3 is 14.7 Å². The van der Waals surface area contributed by atoms with Gasteiger partial charge in [0, 0.05) is 37.5 Å². The van der Waals surface area contributed by atoms with Crippen LogP contribution in [0.2, 0.25) is 0 Å². The zero-order valence-electron chi connectivity index (χ0n) is 14.3. The van der Waals surface area contributed by atoms with Crippen molar-refractivity contribution >= 4 is 5.69 Å². The minimum atomic E-state index is -4.44. The average Bonchev–Trinajstić information content (AvgIpc) is 2.62. The largest absolute Gasteiger partial charge is 0.496 e. The Morgan fingerprint density at radius 2 is 1.92 bits per heavy atom. The van der Waals surface area contributed by atoms with E-state index in [4.69, 9.17) is 4.74 Å². The number of hydrogen-bond donors (Lipinski definition) is 1. The molecule has 0 saturated carbocycles. The lowest BCUT2D eigenvalue weighted by Gasteiger charge is -2.39. The second kappa shape index (κ2) is 7.11. The maximum absolute atomic E-state index is 12.6. The smallest absolute Gasteiger partial charge is 0.433 e. The summed E-state index contributed by atoms with van der Waals surface area (Å²) in [6.07, 6.45) is 1.51. The number of aromatic nitrogens is 2. The predicted octanol–water partition coefficient (Wildman–Crippen LogP) is 3.08. The lowest BCUT2D eigenvalue weighted by molar-refractivity contribution is -0.141. The SMILES string of the molecule is COc1ccncc1CC1(O)CCN(c2ccc(C(F)(F)F)nc2)CC1. The number of hydrogen-bond acceptors (Lipinski definition) is 5. The molecule has 0 atom stereocenters. The molecule has 3 rings (SSSR count). The van der Waals surface area contributed by atoms with Crippen molar-refractivity contribution < 1.29 is 23.0 Å². The van der Waals surface area contributed by atoms with Crippen molar-refractivity contribution in [1.29, 1.82) is 0 Å². The Hall–Kier alpha value is -2.35. The summed E-state index contributed by atoms with van der Waals surface area (Å²) in [5.74, 6) is 0.683. The number of piperidine rings is 1. The molecule has 8 heteroatoms. The molecule has 2 aromatic rings. The first-order valence-electron chi connectivity index (χ1n) is 8.28. The van der Waals surface area contributed by atoms with E-state index in [-0.39, 0.29) is 0 Å². The van der Waals surface area contributed by atoms with E-state index in [1.54, 1.807) is 25.6 Å². The van der Waals surface area contributed by atoms with E-state index in [0.717, 1.165) is 11.6 Å². The molecule has 1 saturated heterocycles. The number of alkyl halides is 3. The van der Waals surface area contributed by atoms with Crippen LogP contribution in [0.3, 0.4) is 0 Å². The van der Waals surface area contributed by atoms with Gasteiger partial charge in [-0.2, -0.15) is 13.2 Å². The minimum Gasteiger partial charge on any atom is -0.496 e. The van der Waals surface area contributed by atoms with Gasteiger partial charge in [0.1, 0.15) is 11.4 Å². The van der Waals surface area contributed by atoms with E-state index in [9.17, 15) is 18.3 Å². The Labute approximate surface area is 149 Å². The molecular formula is C18H20F3N3O2. The van der Waals surface area contributed by atoms with E-state index in [1.807, 2.05) is 4.90 Å². The highest BCUT2D eigenvalue weighted by Crippen LogP contribution is 2.33. The molecule has 1 aliphatic heterocycles. The highest BCUT2D eigenvalue weighted by molar-refractivity contribution is 5.45. The van der Waals surface area contributed by atoms with Gasteiger partial charge in [0.25, 0.3) is 0 Å². The summed E-state index contributed by atoms with van der Waals surface area (Å²) in [4.78, 5) is 9.51. The number of nitrogens with zero attached hydrogens (tertiary/aromatic N) is 3. The van der Waals surface area contributed by atoms with Gasteiger partial charge in [-0.05, 0) is 31.0 Å². The van der Waals surface area contributed by atoms with Crippen molar-refractivity contribution in [1.82, 2.24) is 9.97 Å². The molecule has 0 amide bonds. The number of anilines is 1. The molecule has 2 aromatic heterocycles. The van der Waals surface area contributed by atoms with Gasteiger partial charge in [-0.1, -0.05) is 0 Å². The molecule has 1 fully saturated rings. The molecule has 0 unspecified atom stereocenters. The fraction of sp³-hybridized carbons (Fsp3) is 0.444. The Kier molecular flexibility index (Phi) is 5.04. The van der Waals surface area contributed by atoms with E-state index < -0.39 is 17.5 Å². The Bertz CT molecular complexity index is 742. The molecule has 26 heavy (non-hydrogen) atoms. The maximum Gasteiger partial charge on any atom is 0.433 e. The quantitative estimate of drug-likeness (QED) is 0.900. The Balaban J connectivity index is 1.65. The van der Waals surface area contributed by atoms with Gasteiger partial charge in [0.15, 0.2) is 0 Å². The maximum atomic E-state index is 12.6. The lowest BCUT2D eigenvalue weighted by atomic mass is 9.85. The third-order valence-corrected chi connectivity index (χ3v) is 4.70. The van der Waals surface area contributed by atoms with Crippen LogP contribution < -0.4 is 9.64 Å². The molecule has 0 aromatic carbocycles. The third-order valence-electron chi connectivity index (χ3n) is 4.70. The van der Waals surface area contributed by atoms with Gasteiger partial charge in [0.05, 0.1) is 24.6 Å². The summed E-state index contributed by atoms with van der Waals surface area (Å²) in [6, 6.07) is 4.16. The normalized spacial score (nSPS) is 17.2. The molecular weight excluding hydrogens is 347 g/mol. The van der Waals surface area contributed by atoms with Crippen LogP contribution in [0.25, 0.3) is 0 Å². The first-order valence-corrected chi connectivity index (χ1v) is 8.28. The third kappa shape index (κ3) is 4.07. The van der Waals surface area contributed by atoms with E-state index >= 15 is 0 Å². The highest BCUT2D eigenvalue weighted by Gasteiger charge is 2.35. The van der Waals surface area contributed by atoms with Crippen LogP contribution in [-0.4, -0.2) is 40.9 Å². The second-order valence-electron chi connectivity index (χ2n) is 6.48. The summed E-state index contributed by atoms with van der Waals surface area (Å²) in [5.41, 5.74) is -0.341. The van der Waals surface area contributed by atoms with Gasteiger partial charge in [0.2, 0.25) is 0 Å². The predicted molar refractivity (Wildman–Crippen MR) is 90.1 cm³/mol. The van der Waals surface area contributed by atoms with Crippen LogP contribution >= 0.6 is 0 Å². The molecule has 0 aliphatic carbocycles. The van der Waals surface area contributed by atoms with Crippen LogP contribution in [0.4, 0.5) is 18.9 Å². The zero-order chi connectivity index (χ0) is 18.8. The summed E-state index contributed by atoms with van der Waals surface area (Å²) in [5, 5.41) is 10.9. The fourth-order valence-corrected chi connectivity index (χ4v) is 3.20. The molecule has 0 bridgehead atoms. The summed E-state index contributed by atoms with van der Waals surface area (Å²) in [6.45, 7) is 1.07. The summed E-state index contributed by atoms with van der Waals surface area (Å²) >= 11 is 0. The number of aliphatic hydroxyl groups is 1. The van der Waals surface area contributed by atoms with Gasteiger partial charge >= 0.3 is 6.18 Å². The molecule has 0 radical (unpaired) electrons. The van der Waals surface area contributed by atoms with Crippen molar-refractivity contribution in [2.45, 2.75) is 31.0 Å². The highest BCUT2D eigenvalue weighted by atomic mass is 19.4. The van der Waals surface area contributed by atoms with Crippen molar-refractivity contribution in [3.63, 3.8) is 0 Å². The van der Waals surface area contributed by atoms with Crippen LogP contribution in [0.15, 0.2) is 36.8 Å². The van der Waals surface area contributed by atoms with E-state index in [1.165, 1.54) is 12.3 Å². The summed E-state index contributed by atoms with van der Waals surface area (Å²) < 4.78 is 43.1. The van der Waals surface area contributed by atoms with Crippen LogP contribution in [-0.2, 0) is 12.6 Å². The molecule has 3 heterocycles. The Morgan fingerprint density at radius 3 is 2.50 bits per heavy atom. The fourth-order valence-electron chi connectivity index (χ4n) is 3.20. The van der Waals surface area contributed by atoms with E-state index in [0.29, 0.717) is 43.8 Å². The Morgan fingerprint density at radius 1 is 1.19 bits per heavy atom. The van der Waals surface area contributed by atoms with E-state index in [2.05, 4.69) is 9.97 Å². The lowest BCUT2D eigenvalue weighted by Crippen LogP contribution is -2.45. The topological polar surface area (TPSA) is 58.5 Å². The number of rotatable bonds is 4. The standard InChI is InChI=1S/C18H20F3N3O2/c1-26-15-4-7-22-11-13(15)10-17(25)5-8-24(9-6-17)14-2-3-16(23-12-14)18(19,20)21/h2-4,7,11-12,25H,5-6,8-10H2,1H3. The molecule has 5 nitrogen and oxygen atoms in total. The molecule has 1 aliphatic rings. The van der Waals surface area contributed by atoms with Crippen molar-refractivity contribution in [2.24, 2.45) is 0 Å². The minimum absolute atomic E-state index is 0.420. The van der Waals surface area contributed by atoms with Crippen LogP contribution in [0.5, 0.6) is 5.75 Å². The van der Waals surface area contributed by atoms with Crippen LogP contribution in [0.1, 0.15) is 24.1 Å². The second-order valence-corrected chi connectivity index (χ2v) is 6.48. The van der Waals surface area contributed by atoms with Crippen molar-refractivity contribution in [3.05, 3.63) is 48.0 Å². The van der Waals surface area contributed by atoms with Crippen LogP contribution in [0, 0.1) is 0 Å². The molecule has 0 spiro atoms. The van der Waals surface area contributed by atoms with Gasteiger partial charge in [-0.15, -0.1) is 0 Å². The first kappa shape index (κ1) is 18.4. The zero-order valence-corrected chi connectivity index (χ0v) is 14.3. The average molecular weight is 367 g/mol. The molecule has 1 N–H and O–H groups in total. The number of halogens is 3. The van der Waals surface area contributed by atoms with Crippen molar-refractivity contribution in [3.8, 4) is 5.75 Å². The number of ether oxygens (including phenoxy) is 1. The number of methoxy groups -OCH3 is 1. The first-order chi connectivity index (χ1) is 12.3.